The summed E-state index contributed by atoms with van der Waals surface area (Å²) < 4.78 is 1.18. The number of benzene rings is 1. The summed E-state index contributed by atoms with van der Waals surface area (Å²) in [5.74, 6) is -0.195. The summed E-state index contributed by atoms with van der Waals surface area (Å²) in [6.45, 7) is 1.41. The van der Waals surface area contributed by atoms with Gasteiger partial charge >= 0.3 is 5.69 Å². The van der Waals surface area contributed by atoms with Crippen molar-refractivity contribution in [1.29, 1.82) is 0 Å². The van der Waals surface area contributed by atoms with Gasteiger partial charge in [-0.2, -0.15) is 14.6 Å². The topological polar surface area (TPSA) is 80.1 Å². The van der Waals surface area contributed by atoms with Gasteiger partial charge in [0.2, 0.25) is 0 Å². The minimum absolute atomic E-state index is 0.195. The van der Waals surface area contributed by atoms with Crippen LogP contribution in [-0.2, 0) is 0 Å². The third kappa shape index (κ3) is 1.27. The number of Topliss-reactive ketones (excluding diaryl/α,β-unsaturated/α-hetero) is 1. The average molecular weight is 228 g/mol. The molecule has 84 valence electrons. The molecule has 0 saturated heterocycles. The van der Waals surface area contributed by atoms with E-state index in [1.165, 1.54) is 11.4 Å². The van der Waals surface area contributed by atoms with Crippen molar-refractivity contribution in [2.24, 2.45) is 0 Å². The van der Waals surface area contributed by atoms with Crippen LogP contribution in [0.2, 0.25) is 0 Å². The van der Waals surface area contributed by atoms with Crippen LogP contribution in [-0.4, -0.2) is 25.6 Å². The molecule has 0 radical (unpaired) electrons. The first-order valence-corrected chi connectivity index (χ1v) is 5.05. The van der Waals surface area contributed by atoms with E-state index < -0.39 is 5.69 Å². The fourth-order valence-corrected chi connectivity index (χ4v) is 1.87. The van der Waals surface area contributed by atoms with Gasteiger partial charge in [0.25, 0.3) is 0 Å². The van der Waals surface area contributed by atoms with Crippen molar-refractivity contribution in [2.75, 3.05) is 0 Å². The smallest absolute Gasteiger partial charge is 0.293 e. The van der Waals surface area contributed by atoms with Crippen molar-refractivity contribution in [1.82, 2.24) is 19.8 Å². The highest BCUT2D eigenvalue weighted by atomic mass is 16.1. The van der Waals surface area contributed by atoms with Crippen LogP contribution in [0.15, 0.2) is 29.1 Å². The molecule has 0 spiro atoms. The zero-order valence-electron chi connectivity index (χ0n) is 8.97. The number of ketones is 1. The lowest BCUT2D eigenvalue weighted by molar-refractivity contribution is 0.101. The molecule has 0 unspecified atom stereocenters. The first kappa shape index (κ1) is 9.71. The summed E-state index contributed by atoms with van der Waals surface area (Å²) in [4.78, 5) is 27.1. The summed E-state index contributed by atoms with van der Waals surface area (Å²) in [7, 11) is 0. The van der Waals surface area contributed by atoms with Gasteiger partial charge in [0, 0.05) is 12.3 Å². The van der Waals surface area contributed by atoms with Crippen molar-refractivity contribution in [3.8, 4) is 0 Å². The third-order valence-corrected chi connectivity index (χ3v) is 2.61. The second kappa shape index (κ2) is 3.24. The van der Waals surface area contributed by atoms with Gasteiger partial charge in [-0.1, -0.05) is 18.2 Å². The van der Waals surface area contributed by atoms with Crippen molar-refractivity contribution in [3.05, 3.63) is 40.4 Å². The number of hydrogen-bond acceptors (Lipinski definition) is 4. The molecule has 0 atom stereocenters. The average Bonchev–Trinajstić information content (AvgIpc) is 2.74. The number of hydrogen-bond donors (Lipinski definition) is 1. The van der Waals surface area contributed by atoms with Crippen molar-refractivity contribution in [3.63, 3.8) is 0 Å². The van der Waals surface area contributed by atoms with E-state index in [0.717, 1.165) is 5.39 Å². The standard InChI is InChI=1S/C11H8N4O2/c1-6(16)9-10-7-4-2-3-5-8(7)12-11(17)15(10)14-13-9/h2-5,14H,1H3. The summed E-state index contributed by atoms with van der Waals surface area (Å²) in [5.41, 5.74) is 0.814. The van der Waals surface area contributed by atoms with Crippen LogP contribution in [0.4, 0.5) is 0 Å². The summed E-state index contributed by atoms with van der Waals surface area (Å²) in [6.07, 6.45) is 0. The molecule has 17 heavy (non-hydrogen) atoms. The summed E-state index contributed by atoms with van der Waals surface area (Å²) >= 11 is 0. The van der Waals surface area contributed by atoms with Gasteiger partial charge in [0.05, 0.1) is 5.52 Å². The largest absolute Gasteiger partial charge is 0.368 e. The number of carbonyl (C=O) groups excluding carboxylic acids is 1. The molecule has 2 heterocycles. The number of fused-ring (bicyclic) bond motifs is 3. The van der Waals surface area contributed by atoms with E-state index >= 15 is 0 Å². The predicted molar refractivity (Wildman–Crippen MR) is 61.1 cm³/mol. The number of rotatable bonds is 1. The number of carbonyl (C=O) groups is 1. The van der Waals surface area contributed by atoms with Gasteiger partial charge in [-0.05, 0) is 6.07 Å². The van der Waals surface area contributed by atoms with Crippen LogP contribution in [0, 0.1) is 0 Å². The minimum Gasteiger partial charge on any atom is -0.293 e. The Kier molecular flexibility index (Phi) is 1.85. The van der Waals surface area contributed by atoms with Crippen LogP contribution in [0.25, 0.3) is 16.4 Å². The monoisotopic (exact) mass is 228 g/mol. The van der Waals surface area contributed by atoms with Crippen LogP contribution in [0.1, 0.15) is 17.4 Å². The Hall–Kier alpha value is -2.50. The van der Waals surface area contributed by atoms with Gasteiger partial charge in [-0.25, -0.2) is 10.0 Å². The number of aromatic amines is 1. The molecule has 3 rings (SSSR count). The maximum atomic E-state index is 11.7. The molecule has 0 bridgehead atoms. The molecular formula is C11H8N4O2. The Morgan fingerprint density at radius 1 is 1.35 bits per heavy atom. The fourth-order valence-electron chi connectivity index (χ4n) is 1.87. The first-order chi connectivity index (χ1) is 8.18. The van der Waals surface area contributed by atoms with Gasteiger partial charge in [0.15, 0.2) is 11.5 Å². The SMILES string of the molecule is CC(=O)c1n[nH]n2c(=O)nc3ccccc3c12. The first-order valence-electron chi connectivity index (χ1n) is 5.05. The van der Waals surface area contributed by atoms with E-state index in [4.69, 9.17) is 0 Å². The maximum Gasteiger partial charge on any atom is 0.368 e. The lowest BCUT2D eigenvalue weighted by Crippen LogP contribution is -2.17. The van der Waals surface area contributed by atoms with E-state index in [1.807, 2.05) is 6.07 Å². The molecule has 0 aliphatic carbocycles. The minimum atomic E-state index is -0.473. The number of nitrogens with one attached hydrogen (secondary N) is 1. The zero-order chi connectivity index (χ0) is 12.0. The Bertz CT molecular complexity index is 800. The normalized spacial score (nSPS) is 11.1. The van der Waals surface area contributed by atoms with Crippen molar-refractivity contribution in [2.45, 2.75) is 6.92 Å². The van der Waals surface area contributed by atoms with Crippen LogP contribution < -0.4 is 5.69 Å². The fraction of sp³-hybridized carbons (Fsp3) is 0.0909. The molecule has 0 amide bonds. The molecule has 1 N–H and O–H groups in total. The molecule has 1 aromatic carbocycles. The Labute approximate surface area is 94.9 Å². The number of nitrogens with zero attached hydrogens (tertiary/aromatic N) is 3. The van der Waals surface area contributed by atoms with Crippen molar-refractivity contribution < 1.29 is 4.79 Å². The summed E-state index contributed by atoms with van der Waals surface area (Å²) in [6, 6.07) is 7.15. The van der Waals surface area contributed by atoms with E-state index in [2.05, 4.69) is 15.3 Å². The Morgan fingerprint density at radius 3 is 2.88 bits per heavy atom. The maximum absolute atomic E-state index is 11.7. The van der Waals surface area contributed by atoms with Crippen LogP contribution >= 0.6 is 0 Å². The second-order valence-corrected chi connectivity index (χ2v) is 3.71. The van der Waals surface area contributed by atoms with Crippen molar-refractivity contribution >= 4 is 22.2 Å². The zero-order valence-corrected chi connectivity index (χ0v) is 8.97. The second-order valence-electron chi connectivity index (χ2n) is 3.71. The molecule has 6 heteroatoms. The molecule has 2 aromatic heterocycles. The van der Waals surface area contributed by atoms with E-state index in [1.54, 1.807) is 18.2 Å². The van der Waals surface area contributed by atoms with E-state index in [9.17, 15) is 9.59 Å². The highest BCUT2D eigenvalue weighted by Gasteiger charge is 2.15. The molecule has 3 aromatic rings. The predicted octanol–water partition coefficient (Wildman–Crippen LogP) is 0.773. The quantitative estimate of drug-likeness (QED) is 0.624. The van der Waals surface area contributed by atoms with Gasteiger partial charge in [0.1, 0.15) is 5.52 Å². The number of para-hydroxylation sites is 1. The van der Waals surface area contributed by atoms with E-state index in [-0.39, 0.29) is 11.5 Å². The van der Waals surface area contributed by atoms with Crippen LogP contribution in [0.5, 0.6) is 0 Å². The van der Waals surface area contributed by atoms with Crippen LogP contribution in [0.3, 0.4) is 0 Å². The molecular weight excluding hydrogens is 220 g/mol. The highest BCUT2D eigenvalue weighted by Crippen LogP contribution is 2.18. The molecule has 6 nitrogen and oxygen atoms in total. The molecule has 0 aliphatic heterocycles. The third-order valence-electron chi connectivity index (χ3n) is 2.61. The highest BCUT2D eigenvalue weighted by molar-refractivity contribution is 6.06. The number of H-pyrrole nitrogens is 1. The van der Waals surface area contributed by atoms with Gasteiger partial charge in [-0.3, -0.25) is 4.79 Å². The molecule has 0 saturated carbocycles. The van der Waals surface area contributed by atoms with E-state index in [0.29, 0.717) is 11.0 Å². The summed E-state index contributed by atoms with van der Waals surface area (Å²) in [5, 5.41) is 7.08. The Balaban J connectivity index is 2.65. The lowest BCUT2D eigenvalue weighted by atomic mass is 10.1. The molecule has 0 aliphatic rings. The Morgan fingerprint density at radius 2 is 2.12 bits per heavy atom. The lowest BCUT2D eigenvalue weighted by Gasteiger charge is -1.98. The molecule has 0 fully saturated rings. The number of aromatic nitrogens is 4. The van der Waals surface area contributed by atoms with Gasteiger partial charge < -0.3 is 0 Å². The van der Waals surface area contributed by atoms with Gasteiger partial charge in [-0.15, -0.1) is 0 Å².